The SMILES string of the molecule is Cc1cccc(N2CCN3c4cc(Cl)ccc4CC4(C(=O)CCCC4=O)[C@@H]3C2)c1C. The molecule has 3 aliphatic rings. The van der Waals surface area contributed by atoms with E-state index in [1.54, 1.807) is 0 Å². The summed E-state index contributed by atoms with van der Waals surface area (Å²) in [6, 6.07) is 12.1. The standard InChI is InChI=1S/C25H27ClN2O2/c1-16-5-3-6-20(17(16)2)27-11-12-28-21-13-19(26)10-9-18(21)14-25(22(28)15-27)23(29)7-4-8-24(25)30/h3,5-6,9-10,13,22H,4,7-8,11-12,14-15H2,1-2H3/t22-/m0/s1. The van der Waals surface area contributed by atoms with Gasteiger partial charge in [0, 0.05) is 48.9 Å². The van der Waals surface area contributed by atoms with E-state index in [1.165, 1.54) is 16.8 Å². The number of benzene rings is 2. The van der Waals surface area contributed by atoms with Crippen LogP contribution in [-0.2, 0) is 16.0 Å². The van der Waals surface area contributed by atoms with Crippen molar-refractivity contribution in [3.05, 3.63) is 58.1 Å². The van der Waals surface area contributed by atoms with Crippen molar-refractivity contribution >= 4 is 34.5 Å². The highest BCUT2D eigenvalue weighted by Gasteiger charge is 2.58. The molecule has 1 saturated heterocycles. The highest BCUT2D eigenvalue weighted by Crippen LogP contribution is 2.48. The zero-order valence-electron chi connectivity index (χ0n) is 17.6. The van der Waals surface area contributed by atoms with E-state index in [0.29, 0.717) is 37.3 Å². The topological polar surface area (TPSA) is 40.6 Å². The molecule has 2 fully saturated rings. The molecule has 1 saturated carbocycles. The Labute approximate surface area is 182 Å². The number of hydrogen-bond acceptors (Lipinski definition) is 4. The lowest BCUT2D eigenvalue weighted by Crippen LogP contribution is -2.68. The molecule has 5 rings (SSSR count). The van der Waals surface area contributed by atoms with Crippen molar-refractivity contribution in [2.75, 3.05) is 29.4 Å². The molecule has 2 aromatic carbocycles. The minimum absolute atomic E-state index is 0.122. The van der Waals surface area contributed by atoms with E-state index in [2.05, 4.69) is 41.8 Å². The van der Waals surface area contributed by atoms with Gasteiger partial charge in [-0.2, -0.15) is 0 Å². The number of Topliss-reactive ketones (excluding diaryl/α,β-unsaturated/α-hetero) is 2. The fourth-order valence-electron chi connectivity index (χ4n) is 5.74. The average Bonchev–Trinajstić information content (AvgIpc) is 2.74. The van der Waals surface area contributed by atoms with Crippen LogP contribution >= 0.6 is 11.6 Å². The summed E-state index contributed by atoms with van der Waals surface area (Å²) in [4.78, 5) is 31.4. The summed E-state index contributed by atoms with van der Waals surface area (Å²) in [7, 11) is 0. The second kappa shape index (κ2) is 7.12. The van der Waals surface area contributed by atoms with Crippen LogP contribution in [0.5, 0.6) is 0 Å². The molecule has 0 unspecified atom stereocenters. The van der Waals surface area contributed by atoms with E-state index >= 15 is 0 Å². The maximum absolute atomic E-state index is 13.4. The Balaban J connectivity index is 1.62. The molecule has 0 radical (unpaired) electrons. The van der Waals surface area contributed by atoms with Gasteiger partial charge in [-0.25, -0.2) is 0 Å². The van der Waals surface area contributed by atoms with Gasteiger partial charge in [-0.1, -0.05) is 29.8 Å². The van der Waals surface area contributed by atoms with Crippen molar-refractivity contribution in [2.24, 2.45) is 5.41 Å². The Morgan fingerprint density at radius 1 is 1.00 bits per heavy atom. The summed E-state index contributed by atoms with van der Waals surface area (Å²) in [5, 5.41) is 0.696. The van der Waals surface area contributed by atoms with Crippen molar-refractivity contribution in [3.8, 4) is 0 Å². The summed E-state index contributed by atoms with van der Waals surface area (Å²) in [5.74, 6) is 0.245. The van der Waals surface area contributed by atoms with Crippen LogP contribution in [0.3, 0.4) is 0 Å². The number of aryl methyl sites for hydroxylation is 1. The largest absolute Gasteiger partial charge is 0.367 e. The third-order valence-corrected chi connectivity index (χ3v) is 7.73. The lowest BCUT2D eigenvalue weighted by Gasteiger charge is -2.55. The Kier molecular flexibility index (Phi) is 4.66. The number of rotatable bonds is 1. The number of hydrogen-bond donors (Lipinski definition) is 0. The Morgan fingerprint density at radius 3 is 2.53 bits per heavy atom. The molecule has 1 atom stereocenters. The van der Waals surface area contributed by atoms with Gasteiger partial charge >= 0.3 is 0 Å². The van der Waals surface area contributed by atoms with Gasteiger partial charge in [0.2, 0.25) is 0 Å². The number of carbonyl (C=O) groups excluding carboxylic acids is 2. The molecule has 5 heteroatoms. The third kappa shape index (κ3) is 2.80. The monoisotopic (exact) mass is 422 g/mol. The quantitative estimate of drug-likeness (QED) is 0.634. The molecule has 156 valence electrons. The highest BCUT2D eigenvalue weighted by molar-refractivity contribution is 6.31. The third-order valence-electron chi connectivity index (χ3n) is 7.49. The minimum atomic E-state index is -0.935. The first-order valence-electron chi connectivity index (χ1n) is 10.8. The van der Waals surface area contributed by atoms with Crippen LogP contribution in [0, 0.1) is 19.3 Å². The second-order valence-electron chi connectivity index (χ2n) is 9.00. The number of piperazine rings is 1. The highest BCUT2D eigenvalue weighted by atomic mass is 35.5. The second-order valence-corrected chi connectivity index (χ2v) is 9.43. The van der Waals surface area contributed by atoms with E-state index in [1.807, 2.05) is 18.2 Å². The van der Waals surface area contributed by atoms with Crippen molar-refractivity contribution < 1.29 is 9.59 Å². The van der Waals surface area contributed by atoms with Gasteiger partial charge in [-0.15, -0.1) is 0 Å². The van der Waals surface area contributed by atoms with Gasteiger partial charge in [0.05, 0.1) is 6.04 Å². The lowest BCUT2D eigenvalue weighted by molar-refractivity contribution is -0.146. The van der Waals surface area contributed by atoms with Crippen LogP contribution in [0.1, 0.15) is 36.0 Å². The molecular formula is C25H27ClN2O2. The molecule has 1 spiro atoms. The minimum Gasteiger partial charge on any atom is -0.367 e. The Bertz CT molecular complexity index is 1030. The van der Waals surface area contributed by atoms with Crippen molar-refractivity contribution in [1.82, 2.24) is 0 Å². The maximum atomic E-state index is 13.4. The molecule has 2 heterocycles. The normalized spacial score (nSPS) is 22.8. The number of nitrogens with zero attached hydrogens (tertiary/aromatic N) is 2. The van der Waals surface area contributed by atoms with E-state index in [9.17, 15) is 9.59 Å². The van der Waals surface area contributed by atoms with Crippen LogP contribution in [0.15, 0.2) is 36.4 Å². The van der Waals surface area contributed by atoms with Crippen molar-refractivity contribution in [3.63, 3.8) is 0 Å². The maximum Gasteiger partial charge on any atom is 0.148 e. The van der Waals surface area contributed by atoms with Gasteiger partial charge in [-0.3, -0.25) is 9.59 Å². The van der Waals surface area contributed by atoms with Gasteiger partial charge in [-0.05, 0) is 61.6 Å². The summed E-state index contributed by atoms with van der Waals surface area (Å²) in [6.07, 6.45) is 2.18. The number of halogens is 1. The lowest BCUT2D eigenvalue weighted by atomic mass is 9.61. The van der Waals surface area contributed by atoms with Crippen molar-refractivity contribution in [2.45, 2.75) is 45.6 Å². The number of carbonyl (C=O) groups is 2. The van der Waals surface area contributed by atoms with Crippen LogP contribution in [0.2, 0.25) is 5.02 Å². The summed E-state index contributed by atoms with van der Waals surface area (Å²) in [6.45, 7) is 6.58. The summed E-state index contributed by atoms with van der Waals surface area (Å²) >= 11 is 6.33. The van der Waals surface area contributed by atoms with Gasteiger partial charge in [0.25, 0.3) is 0 Å². The van der Waals surface area contributed by atoms with E-state index in [0.717, 1.165) is 24.3 Å². The van der Waals surface area contributed by atoms with Crippen LogP contribution in [0.4, 0.5) is 11.4 Å². The fourth-order valence-corrected chi connectivity index (χ4v) is 5.91. The molecule has 30 heavy (non-hydrogen) atoms. The molecule has 0 bridgehead atoms. The molecule has 1 aliphatic carbocycles. The van der Waals surface area contributed by atoms with Gasteiger partial charge in [0.15, 0.2) is 0 Å². The van der Waals surface area contributed by atoms with Gasteiger partial charge < -0.3 is 9.80 Å². The summed E-state index contributed by atoms with van der Waals surface area (Å²) in [5.41, 5.74) is 4.95. The zero-order valence-corrected chi connectivity index (χ0v) is 18.3. The molecule has 0 amide bonds. The van der Waals surface area contributed by atoms with Crippen LogP contribution in [-0.4, -0.2) is 37.2 Å². The predicted octanol–water partition coefficient (Wildman–Crippen LogP) is 4.52. The number of fused-ring (bicyclic) bond motifs is 4. The first kappa shape index (κ1) is 19.6. The first-order valence-corrected chi connectivity index (χ1v) is 11.2. The molecule has 2 aromatic rings. The van der Waals surface area contributed by atoms with E-state index in [4.69, 9.17) is 11.6 Å². The number of anilines is 2. The molecule has 2 aliphatic heterocycles. The Hall–Kier alpha value is -2.33. The van der Waals surface area contributed by atoms with Crippen LogP contribution < -0.4 is 9.80 Å². The zero-order chi connectivity index (χ0) is 21.0. The van der Waals surface area contributed by atoms with Crippen molar-refractivity contribution in [1.29, 1.82) is 0 Å². The van der Waals surface area contributed by atoms with E-state index < -0.39 is 5.41 Å². The average molecular weight is 423 g/mol. The fraction of sp³-hybridized carbons (Fsp3) is 0.440. The predicted molar refractivity (Wildman–Crippen MR) is 121 cm³/mol. The summed E-state index contributed by atoms with van der Waals surface area (Å²) < 4.78 is 0. The first-order chi connectivity index (χ1) is 14.4. The van der Waals surface area contributed by atoms with Gasteiger partial charge in [0.1, 0.15) is 17.0 Å². The molecule has 0 aromatic heterocycles. The van der Waals surface area contributed by atoms with E-state index in [-0.39, 0.29) is 17.6 Å². The molecule has 0 N–H and O–H groups in total. The molecule has 4 nitrogen and oxygen atoms in total. The Morgan fingerprint density at radius 2 is 1.77 bits per heavy atom. The molecular weight excluding hydrogens is 396 g/mol. The number of ketones is 2. The van der Waals surface area contributed by atoms with Crippen LogP contribution in [0.25, 0.3) is 0 Å². The smallest absolute Gasteiger partial charge is 0.148 e.